The molecule has 3 nitrogen and oxygen atoms in total. The van der Waals surface area contributed by atoms with Crippen LogP contribution in [0, 0.1) is 0 Å². The molecule has 0 aromatic carbocycles. The van der Waals surface area contributed by atoms with E-state index in [1.165, 1.54) is 5.75 Å². The van der Waals surface area contributed by atoms with Gasteiger partial charge in [-0.25, -0.2) is 0 Å². The van der Waals surface area contributed by atoms with Gasteiger partial charge in [0, 0.05) is 36.7 Å². The highest BCUT2D eigenvalue weighted by Crippen LogP contribution is 2.29. The summed E-state index contributed by atoms with van der Waals surface area (Å²) in [7, 11) is 0. The van der Waals surface area contributed by atoms with Crippen molar-refractivity contribution >= 4 is 11.8 Å². The van der Waals surface area contributed by atoms with E-state index in [0.717, 1.165) is 19.8 Å². The van der Waals surface area contributed by atoms with E-state index in [1.54, 1.807) is 0 Å². The number of hydrogen-bond donors (Lipinski definition) is 1. The van der Waals surface area contributed by atoms with Gasteiger partial charge in [0.25, 0.3) is 0 Å². The van der Waals surface area contributed by atoms with Crippen molar-refractivity contribution in [1.82, 2.24) is 4.90 Å². The summed E-state index contributed by atoms with van der Waals surface area (Å²) in [5, 5.41) is 0.682. The fraction of sp³-hybridized carbons (Fsp3) is 1.00. The van der Waals surface area contributed by atoms with Crippen LogP contribution in [0.1, 0.15) is 27.7 Å². The van der Waals surface area contributed by atoms with Crippen molar-refractivity contribution in [3.8, 4) is 0 Å². The molecule has 3 unspecified atom stereocenters. The number of nitrogens with zero attached hydrogens (tertiary/aromatic N) is 1. The van der Waals surface area contributed by atoms with Gasteiger partial charge in [0.15, 0.2) is 0 Å². The Kier molecular flexibility index (Phi) is 5.57. The standard InChI is InChI=1S/C12H26N2OS/c1-5-15-9-12(4,8-13)14-6-7-16-11(3)10(14)2/h10-11H,5-9,13H2,1-4H3. The average Bonchev–Trinajstić information content (AvgIpc) is 2.29. The van der Waals surface area contributed by atoms with Crippen LogP contribution in [0.5, 0.6) is 0 Å². The van der Waals surface area contributed by atoms with Gasteiger partial charge < -0.3 is 10.5 Å². The van der Waals surface area contributed by atoms with Gasteiger partial charge in [-0.15, -0.1) is 0 Å². The second kappa shape index (κ2) is 6.24. The van der Waals surface area contributed by atoms with E-state index in [2.05, 4.69) is 37.4 Å². The summed E-state index contributed by atoms with van der Waals surface area (Å²) >= 11 is 2.06. The molecule has 2 N–H and O–H groups in total. The fourth-order valence-electron chi connectivity index (χ4n) is 2.28. The molecule has 16 heavy (non-hydrogen) atoms. The molecule has 3 atom stereocenters. The topological polar surface area (TPSA) is 38.5 Å². The Bertz CT molecular complexity index is 215. The molecule has 1 heterocycles. The van der Waals surface area contributed by atoms with Crippen LogP contribution < -0.4 is 5.73 Å². The molecule has 0 aromatic rings. The molecule has 96 valence electrons. The Morgan fingerprint density at radius 1 is 1.50 bits per heavy atom. The highest BCUT2D eigenvalue weighted by atomic mass is 32.2. The van der Waals surface area contributed by atoms with E-state index in [4.69, 9.17) is 10.5 Å². The molecular weight excluding hydrogens is 220 g/mol. The SMILES string of the molecule is CCOCC(C)(CN)N1CCSC(C)C1C. The summed E-state index contributed by atoms with van der Waals surface area (Å²) in [6.07, 6.45) is 0. The van der Waals surface area contributed by atoms with Crippen LogP contribution in [0.4, 0.5) is 0 Å². The number of ether oxygens (including phenoxy) is 1. The number of nitrogens with two attached hydrogens (primary N) is 1. The van der Waals surface area contributed by atoms with Crippen LogP contribution in [0.25, 0.3) is 0 Å². The minimum Gasteiger partial charge on any atom is -0.380 e. The van der Waals surface area contributed by atoms with Gasteiger partial charge in [-0.1, -0.05) is 6.92 Å². The summed E-state index contributed by atoms with van der Waals surface area (Å²) in [6.45, 7) is 12.2. The second-order valence-corrected chi connectivity index (χ2v) is 6.33. The Hall–Kier alpha value is 0.230. The van der Waals surface area contributed by atoms with E-state index in [-0.39, 0.29) is 5.54 Å². The van der Waals surface area contributed by atoms with E-state index < -0.39 is 0 Å². The lowest BCUT2D eigenvalue weighted by molar-refractivity contribution is -0.00806. The molecule has 4 heteroatoms. The van der Waals surface area contributed by atoms with Crippen LogP contribution in [0.2, 0.25) is 0 Å². The van der Waals surface area contributed by atoms with Gasteiger partial charge in [0.1, 0.15) is 0 Å². The average molecular weight is 246 g/mol. The zero-order valence-electron chi connectivity index (χ0n) is 11.0. The molecular formula is C12H26N2OS. The fourth-order valence-corrected chi connectivity index (χ4v) is 3.38. The highest BCUT2D eigenvalue weighted by molar-refractivity contribution is 8.00. The van der Waals surface area contributed by atoms with Gasteiger partial charge in [0.05, 0.1) is 12.1 Å². The van der Waals surface area contributed by atoms with E-state index >= 15 is 0 Å². The van der Waals surface area contributed by atoms with Gasteiger partial charge in [-0.2, -0.15) is 11.8 Å². The summed E-state index contributed by atoms with van der Waals surface area (Å²) in [4.78, 5) is 2.53. The Morgan fingerprint density at radius 2 is 2.19 bits per heavy atom. The summed E-state index contributed by atoms with van der Waals surface area (Å²) in [5.41, 5.74) is 5.95. The highest BCUT2D eigenvalue weighted by Gasteiger charge is 2.38. The largest absolute Gasteiger partial charge is 0.380 e. The summed E-state index contributed by atoms with van der Waals surface area (Å²) < 4.78 is 5.60. The summed E-state index contributed by atoms with van der Waals surface area (Å²) in [5.74, 6) is 1.20. The van der Waals surface area contributed by atoms with E-state index in [1.807, 2.05) is 6.92 Å². The zero-order valence-corrected chi connectivity index (χ0v) is 11.8. The Morgan fingerprint density at radius 3 is 2.75 bits per heavy atom. The number of hydrogen-bond acceptors (Lipinski definition) is 4. The van der Waals surface area contributed by atoms with Gasteiger partial charge in [0.2, 0.25) is 0 Å². The molecule has 0 radical (unpaired) electrons. The molecule has 0 saturated carbocycles. The number of thioether (sulfide) groups is 1. The van der Waals surface area contributed by atoms with Crippen LogP contribution in [0.15, 0.2) is 0 Å². The predicted molar refractivity (Wildman–Crippen MR) is 72.0 cm³/mol. The second-order valence-electron chi connectivity index (χ2n) is 4.85. The van der Waals surface area contributed by atoms with Gasteiger partial charge in [-0.3, -0.25) is 4.90 Å². The third kappa shape index (κ3) is 3.13. The van der Waals surface area contributed by atoms with E-state index in [0.29, 0.717) is 17.8 Å². The van der Waals surface area contributed by atoms with Crippen molar-refractivity contribution in [2.75, 3.05) is 32.1 Å². The van der Waals surface area contributed by atoms with Crippen molar-refractivity contribution in [2.24, 2.45) is 5.73 Å². The maximum Gasteiger partial charge on any atom is 0.0660 e. The van der Waals surface area contributed by atoms with Crippen molar-refractivity contribution < 1.29 is 4.74 Å². The first kappa shape index (κ1) is 14.3. The lowest BCUT2D eigenvalue weighted by atomic mass is 9.97. The quantitative estimate of drug-likeness (QED) is 0.799. The van der Waals surface area contributed by atoms with Gasteiger partial charge >= 0.3 is 0 Å². The molecule has 0 aromatic heterocycles. The molecule has 1 rings (SSSR count). The molecule has 0 amide bonds. The predicted octanol–water partition coefficient (Wildman–Crippen LogP) is 1.57. The van der Waals surface area contributed by atoms with Crippen molar-refractivity contribution in [2.45, 2.75) is 44.5 Å². The Labute approximate surface area is 104 Å². The molecule has 1 fully saturated rings. The lowest BCUT2D eigenvalue weighted by Gasteiger charge is -2.48. The monoisotopic (exact) mass is 246 g/mol. The van der Waals surface area contributed by atoms with Crippen LogP contribution in [0.3, 0.4) is 0 Å². The zero-order chi connectivity index (χ0) is 12.2. The molecule has 0 bridgehead atoms. The minimum atomic E-state index is -0.00926. The first-order valence-corrected chi connectivity index (χ1v) is 7.26. The number of rotatable bonds is 5. The Balaban J connectivity index is 2.69. The van der Waals surface area contributed by atoms with Crippen LogP contribution in [-0.4, -0.2) is 53.8 Å². The van der Waals surface area contributed by atoms with Crippen LogP contribution in [-0.2, 0) is 4.74 Å². The van der Waals surface area contributed by atoms with Crippen molar-refractivity contribution in [1.29, 1.82) is 0 Å². The van der Waals surface area contributed by atoms with Crippen LogP contribution >= 0.6 is 11.8 Å². The smallest absolute Gasteiger partial charge is 0.0660 e. The first-order valence-electron chi connectivity index (χ1n) is 6.21. The minimum absolute atomic E-state index is 0.00926. The molecule has 0 spiro atoms. The lowest BCUT2D eigenvalue weighted by Crippen LogP contribution is -2.62. The summed E-state index contributed by atoms with van der Waals surface area (Å²) in [6, 6.07) is 0.577. The third-order valence-corrected chi connectivity index (χ3v) is 4.97. The maximum absolute atomic E-state index is 5.96. The third-order valence-electron chi connectivity index (χ3n) is 3.63. The molecule has 1 aliphatic heterocycles. The van der Waals surface area contributed by atoms with Gasteiger partial charge in [-0.05, 0) is 20.8 Å². The molecule has 0 aliphatic carbocycles. The maximum atomic E-state index is 5.96. The van der Waals surface area contributed by atoms with E-state index in [9.17, 15) is 0 Å². The first-order chi connectivity index (χ1) is 7.55. The normalized spacial score (nSPS) is 31.3. The molecule has 1 aliphatic rings. The van der Waals surface area contributed by atoms with Crippen molar-refractivity contribution in [3.05, 3.63) is 0 Å². The van der Waals surface area contributed by atoms with Crippen molar-refractivity contribution in [3.63, 3.8) is 0 Å². The molecule has 1 saturated heterocycles.